The smallest absolute Gasteiger partial charge is 0.167 e. The fourth-order valence-corrected chi connectivity index (χ4v) is 3.88. The highest BCUT2D eigenvalue weighted by atomic mass is 19.2. The molecular formula is C32H27F3O2. The van der Waals surface area contributed by atoms with Gasteiger partial charge < -0.3 is 9.84 Å². The zero-order valence-corrected chi connectivity index (χ0v) is 20.4. The minimum Gasteiger partial charge on any atom is -0.490 e. The van der Waals surface area contributed by atoms with E-state index in [2.05, 4.69) is 6.58 Å². The monoisotopic (exact) mass is 500 g/mol. The van der Waals surface area contributed by atoms with Crippen molar-refractivity contribution in [2.75, 3.05) is 6.61 Å². The van der Waals surface area contributed by atoms with Crippen LogP contribution < -0.4 is 4.74 Å². The SMILES string of the molecule is C=CCCOc1ccc(-c2ccc(/C=C/c3ccc(-c4ccc(C(C)O)cc4)c(F)c3F)cc2)cc1F. The summed E-state index contributed by atoms with van der Waals surface area (Å²) in [7, 11) is 0. The Morgan fingerprint density at radius 1 is 0.811 bits per heavy atom. The van der Waals surface area contributed by atoms with Gasteiger partial charge in [-0.2, -0.15) is 0 Å². The number of rotatable bonds is 9. The Balaban J connectivity index is 1.48. The van der Waals surface area contributed by atoms with Gasteiger partial charge in [0.1, 0.15) is 0 Å². The fourth-order valence-electron chi connectivity index (χ4n) is 3.88. The molecule has 0 amide bonds. The van der Waals surface area contributed by atoms with E-state index < -0.39 is 23.6 Å². The average Bonchev–Trinajstić information content (AvgIpc) is 2.91. The number of aliphatic hydroxyl groups excluding tert-OH is 1. The summed E-state index contributed by atoms with van der Waals surface area (Å²) < 4.78 is 49.4. The second-order valence-electron chi connectivity index (χ2n) is 8.65. The lowest BCUT2D eigenvalue weighted by Gasteiger charge is -2.09. The molecule has 0 saturated carbocycles. The Bertz CT molecular complexity index is 1410. The van der Waals surface area contributed by atoms with Crippen LogP contribution in [0.25, 0.3) is 34.4 Å². The lowest BCUT2D eigenvalue weighted by atomic mass is 9.99. The molecule has 1 N–H and O–H groups in total. The number of halogens is 3. The molecule has 4 aromatic carbocycles. The van der Waals surface area contributed by atoms with Gasteiger partial charge in [0, 0.05) is 11.1 Å². The van der Waals surface area contributed by atoms with Crippen LogP contribution in [0.15, 0.2) is 91.5 Å². The van der Waals surface area contributed by atoms with Gasteiger partial charge in [0.25, 0.3) is 0 Å². The Morgan fingerprint density at radius 2 is 1.49 bits per heavy atom. The Morgan fingerprint density at radius 3 is 2.14 bits per heavy atom. The van der Waals surface area contributed by atoms with Crippen LogP contribution in [0.1, 0.15) is 36.1 Å². The van der Waals surface area contributed by atoms with Gasteiger partial charge in [0.05, 0.1) is 12.7 Å². The third kappa shape index (κ3) is 6.19. The summed E-state index contributed by atoms with van der Waals surface area (Å²) in [4.78, 5) is 0. The molecular weight excluding hydrogens is 473 g/mol. The van der Waals surface area contributed by atoms with Crippen LogP contribution in [0.3, 0.4) is 0 Å². The van der Waals surface area contributed by atoms with E-state index >= 15 is 0 Å². The quantitative estimate of drug-likeness (QED) is 0.142. The minimum atomic E-state index is -0.934. The zero-order valence-electron chi connectivity index (χ0n) is 20.4. The van der Waals surface area contributed by atoms with E-state index in [1.165, 1.54) is 24.3 Å². The molecule has 4 aromatic rings. The van der Waals surface area contributed by atoms with Crippen molar-refractivity contribution >= 4 is 12.2 Å². The van der Waals surface area contributed by atoms with E-state index in [1.807, 2.05) is 24.3 Å². The van der Waals surface area contributed by atoms with Crippen LogP contribution in [0.4, 0.5) is 13.2 Å². The van der Waals surface area contributed by atoms with Crippen LogP contribution in [0, 0.1) is 17.5 Å². The van der Waals surface area contributed by atoms with Gasteiger partial charge in [-0.1, -0.05) is 85.0 Å². The minimum absolute atomic E-state index is 0.125. The summed E-state index contributed by atoms with van der Waals surface area (Å²) >= 11 is 0. The van der Waals surface area contributed by atoms with Crippen LogP contribution in [0.2, 0.25) is 0 Å². The van der Waals surface area contributed by atoms with Crippen molar-refractivity contribution in [2.45, 2.75) is 19.4 Å². The maximum atomic E-state index is 14.8. The van der Waals surface area contributed by atoms with Crippen molar-refractivity contribution in [3.8, 4) is 28.0 Å². The number of hydrogen-bond acceptors (Lipinski definition) is 2. The Kier molecular flexibility index (Phi) is 8.26. The predicted molar refractivity (Wildman–Crippen MR) is 144 cm³/mol. The van der Waals surface area contributed by atoms with Crippen LogP contribution in [0.5, 0.6) is 5.75 Å². The van der Waals surface area contributed by atoms with Gasteiger partial charge in [-0.3, -0.25) is 0 Å². The largest absolute Gasteiger partial charge is 0.490 e. The molecule has 0 aromatic heterocycles. The molecule has 0 saturated heterocycles. The Labute approximate surface area is 215 Å². The van der Waals surface area contributed by atoms with Gasteiger partial charge in [0.2, 0.25) is 0 Å². The highest BCUT2D eigenvalue weighted by Crippen LogP contribution is 2.29. The van der Waals surface area contributed by atoms with E-state index in [4.69, 9.17) is 4.74 Å². The summed E-state index contributed by atoms with van der Waals surface area (Å²) in [6.07, 6.45) is 4.92. The summed E-state index contributed by atoms with van der Waals surface area (Å²) in [5.74, 6) is -2.11. The standard InChI is InChI=1S/C32H27F3O2/c1-3-4-19-37-30-18-16-27(20-29(30)33)24-8-5-22(6-9-24)7-10-26-15-17-28(32(35)31(26)34)25-13-11-23(12-14-25)21(2)36/h3,5-18,20-21,36H,1,4,19H2,2H3/b10-7+. The molecule has 0 fully saturated rings. The first kappa shape index (κ1) is 26.0. The van der Waals surface area contributed by atoms with Crippen molar-refractivity contribution in [3.63, 3.8) is 0 Å². The van der Waals surface area contributed by atoms with Gasteiger partial charge in [-0.25, -0.2) is 13.2 Å². The number of benzene rings is 4. The molecule has 0 spiro atoms. The summed E-state index contributed by atoms with van der Waals surface area (Å²) in [6, 6.07) is 21.9. The van der Waals surface area contributed by atoms with Crippen molar-refractivity contribution in [1.29, 1.82) is 0 Å². The maximum Gasteiger partial charge on any atom is 0.167 e. The molecule has 0 aliphatic heterocycles. The molecule has 5 heteroatoms. The second-order valence-corrected chi connectivity index (χ2v) is 8.65. The van der Waals surface area contributed by atoms with E-state index in [0.717, 1.165) is 11.1 Å². The molecule has 1 atom stereocenters. The van der Waals surface area contributed by atoms with Crippen molar-refractivity contribution in [2.24, 2.45) is 0 Å². The summed E-state index contributed by atoms with van der Waals surface area (Å²) in [5, 5.41) is 9.64. The normalized spacial score (nSPS) is 12.0. The molecule has 188 valence electrons. The molecule has 0 radical (unpaired) electrons. The van der Waals surface area contributed by atoms with Crippen molar-refractivity contribution in [1.82, 2.24) is 0 Å². The molecule has 2 nitrogen and oxygen atoms in total. The van der Waals surface area contributed by atoms with E-state index in [9.17, 15) is 18.3 Å². The van der Waals surface area contributed by atoms with Crippen LogP contribution >= 0.6 is 0 Å². The number of aliphatic hydroxyl groups is 1. The molecule has 0 aliphatic rings. The van der Waals surface area contributed by atoms with Crippen molar-refractivity contribution < 1.29 is 23.0 Å². The van der Waals surface area contributed by atoms with E-state index in [-0.39, 0.29) is 16.9 Å². The molecule has 1 unspecified atom stereocenters. The second kappa shape index (κ2) is 11.8. The Hall–Kier alpha value is -4.09. The van der Waals surface area contributed by atoms with E-state index in [1.54, 1.807) is 55.5 Å². The topological polar surface area (TPSA) is 29.5 Å². The highest BCUT2D eigenvalue weighted by Gasteiger charge is 2.14. The maximum absolute atomic E-state index is 14.8. The molecule has 0 aliphatic carbocycles. The third-order valence-electron chi connectivity index (χ3n) is 6.03. The first-order valence-corrected chi connectivity index (χ1v) is 12.0. The zero-order chi connectivity index (χ0) is 26.4. The van der Waals surface area contributed by atoms with Gasteiger partial charge in [0.15, 0.2) is 23.2 Å². The van der Waals surface area contributed by atoms with Gasteiger partial charge in [-0.15, -0.1) is 6.58 Å². The number of ether oxygens (including phenoxy) is 1. The van der Waals surface area contributed by atoms with Crippen LogP contribution in [-0.2, 0) is 0 Å². The van der Waals surface area contributed by atoms with Gasteiger partial charge in [-0.05, 0) is 53.3 Å². The molecule has 37 heavy (non-hydrogen) atoms. The van der Waals surface area contributed by atoms with E-state index in [0.29, 0.717) is 29.7 Å². The predicted octanol–water partition coefficient (Wildman–Crippen LogP) is 8.62. The number of hydrogen-bond donors (Lipinski definition) is 1. The van der Waals surface area contributed by atoms with Crippen molar-refractivity contribution in [3.05, 3.63) is 126 Å². The summed E-state index contributed by atoms with van der Waals surface area (Å²) in [5.41, 5.74) is 3.81. The molecule has 0 heterocycles. The van der Waals surface area contributed by atoms with Crippen LogP contribution in [-0.4, -0.2) is 11.7 Å². The fraction of sp³-hybridized carbons (Fsp3) is 0.125. The lowest BCUT2D eigenvalue weighted by molar-refractivity contribution is 0.199. The average molecular weight is 501 g/mol. The molecule has 0 bridgehead atoms. The molecule has 4 rings (SSSR count). The third-order valence-corrected chi connectivity index (χ3v) is 6.03. The first-order chi connectivity index (χ1) is 17.9. The highest BCUT2D eigenvalue weighted by molar-refractivity contribution is 5.74. The summed E-state index contributed by atoms with van der Waals surface area (Å²) in [6.45, 7) is 5.62. The first-order valence-electron chi connectivity index (χ1n) is 12.0. The lowest BCUT2D eigenvalue weighted by Crippen LogP contribution is -1.97. The van der Waals surface area contributed by atoms with Gasteiger partial charge >= 0.3 is 0 Å².